The lowest BCUT2D eigenvalue weighted by atomic mass is 10.5. The highest BCUT2D eigenvalue weighted by Crippen LogP contribution is 1.99. The van der Waals surface area contributed by atoms with E-state index in [9.17, 15) is 0 Å². The lowest BCUT2D eigenvalue weighted by Gasteiger charge is -2.17. The predicted molar refractivity (Wildman–Crippen MR) is 45.0 cm³/mol. The zero-order valence-electron chi connectivity index (χ0n) is 6.33. The normalized spacial score (nSPS) is 11.4. The topological polar surface area (TPSA) is 30.9 Å². The largest absolute Gasteiger partial charge is 0.254 e. The Bertz CT molecular complexity index is 81.3. The summed E-state index contributed by atoms with van der Waals surface area (Å²) in [7, 11) is 1.48. The third-order valence-corrected chi connectivity index (χ3v) is 0.879. The van der Waals surface area contributed by atoms with Gasteiger partial charge in [-0.3, -0.25) is 4.84 Å². The van der Waals surface area contributed by atoms with Crippen molar-refractivity contribution in [2.24, 2.45) is 0 Å². The second-order valence-electron chi connectivity index (χ2n) is 1.80. The average molecular weight is 261 g/mol. The van der Waals surface area contributed by atoms with Gasteiger partial charge in [-0.05, 0) is 13.8 Å². The fourth-order valence-electron chi connectivity index (χ4n) is 0.338. The van der Waals surface area contributed by atoms with Gasteiger partial charge in [0.25, 0.3) is 0 Å². The highest BCUT2D eigenvalue weighted by Gasteiger charge is 2.05. The van der Waals surface area contributed by atoms with Crippen LogP contribution in [0.3, 0.4) is 0 Å². The molecular formula is C5H12INO3. The Hall–Kier alpha value is 0.570. The lowest BCUT2D eigenvalue weighted by molar-refractivity contribution is -0.520. The van der Waals surface area contributed by atoms with E-state index in [1.165, 1.54) is 7.11 Å². The van der Waals surface area contributed by atoms with Crippen LogP contribution in [0, 0.1) is 0 Å². The molecular weight excluding hydrogens is 249 g/mol. The molecule has 0 aromatic rings. The second kappa shape index (κ2) is 6.29. The van der Waals surface area contributed by atoms with Gasteiger partial charge >= 0.3 is 0 Å². The molecule has 5 heteroatoms. The Morgan fingerprint density at radius 1 is 1.50 bits per heavy atom. The van der Waals surface area contributed by atoms with E-state index in [4.69, 9.17) is 9.68 Å². The summed E-state index contributed by atoms with van der Waals surface area (Å²) in [4.78, 5) is 14.6. The van der Waals surface area contributed by atoms with Crippen LogP contribution in [0.25, 0.3) is 0 Å². The van der Waals surface area contributed by atoms with Crippen molar-refractivity contribution < 1.29 is 14.5 Å². The van der Waals surface area contributed by atoms with Crippen LogP contribution in [0.1, 0.15) is 13.8 Å². The maximum Gasteiger partial charge on any atom is 0.125 e. The van der Waals surface area contributed by atoms with E-state index in [0.717, 1.165) is 5.39 Å². The number of rotatable bonds is 5. The van der Waals surface area contributed by atoms with Crippen LogP contribution in [0.15, 0.2) is 0 Å². The minimum Gasteiger partial charge on any atom is -0.254 e. The molecule has 0 radical (unpaired) electrons. The molecule has 0 bridgehead atoms. The third-order valence-electron chi connectivity index (χ3n) is 0.600. The molecule has 10 heavy (non-hydrogen) atoms. The van der Waals surface area contributed by atoms with E-state index in [-0.39, 0.29) is 6.10 Å². The van der Waals surface area contributed by atoms with Gasteiger partial charge in [0.05, 0.1) is 18.6 Å². The fourth-order valence-corrected chi connectivity index (χ4v) is 0.566. The first kappa shape index (κ1) is 10.6. The van der Waals surface area contributed by atoms with Gasteiger partial charge in [-0.2, -0.15) is 0 Å². The summed E-state index contributed by atoms with van der Waals surface area (Å²) in [5.74, 6) is 0. The smallest absolute Gasteiger partial charge is 0.125 e. The molecule has 0 fully saturated rings. The van der Waals surface area contributed by atoms with E-state index in [2.05, 4.69) is 4.84 Å². The Morgan fingerprint density at radius 2 is 2.10 bits per heavy atom. The number of hydrogen-bond acceptors (Lipinski definition) is 4. The molecule has 0 heterocycles. The summed E-state index contributed by atoms with van der Waals surface area (Å²) in [6, 6.07) is 0. The minimum atomic E-state index is 0.0582. The van der Waals surface area contributed by atoms with E-state index in [0.29, 0.717) is 4.61 Å². The van der Waals surface area contributed by atoms with Crippen LogP contribution in [-0.4, -0.2) is 23.2 Å². The highest BCUT2D eigenvalue weighted by molar-refractivity contribution is 14.1. The van der Waals surface area contributed by atoms with Crippen LogP contribution in [0.2, 0.25) is 0 Å². The van der Waals surface area contributed by atoms with Crippen LogP contribution >= 0.6 is 22.6 Å². The predicted octanol–water partition coefficient (Wildman–Crippen LogP) is 1.51. The molecule has 0 unspecified atom stereocenters. The van der Waals surface area contributed by atoms with E-state index in [1.807, 2.05) is 36.4 Å². The first-order valence-electron chi connectivity index (χ1n) is 2.90. The Labute approximate surface area is 74.4 Å². The first-order chi connectivity index (χ1) is 4.70. The van der Waals surface area contributed by atoms with E-state index < -0.39 is 0 Å². The number of halogens is 1. The molecule has 0 aromatic carbocycles. The molecule has 4 nitrogen and oxygen atoms in total. The molecule has 0 rings (SSSR count). The molecule has 0 amide bonds. The van der Waals surface area contributed by atoms with Crippen LogP contribution in [0.5, 0.6) is 0 Å². The van der Waals surface area contributed by atoms with E-state index >= 15 is 0 Å². The second-order valence-corrected chi connectivity index (χ2v) is 2.42. The Morgan fingerprint density at radius 3 is 2.40 bits per heavy atom. The van der Waals surface area contributed by atoms with Gasteiger partial charge in [0, 0.05) is 0 Å². The molecule has 0 aliphatic heterocycles. The molecule has 0 aliphatic carbocycles. The Kier molecular flexibility index (Phi) is 6.65. The van der Waals surface area contributed by atoms with Crippen molar-refractivity contribution in [3.63, 3.8) is 0 Å². The molecule has 0 N–H and O–H groups in total. The molecule has 0 aromatic heterocycles. The van der Waals surface area contributed by atoms with Gasteiger partial charge in [-0.15, -0.1) is 0 Å². The standard InChI is InChI=1S/C5H12INO3/c1-5(2)10-7(8-3)9-4-6/h5H,4H2,1-3H3. The van der Waals surface area contributed by atoms with Crippen molar-refractivity contribution in [1.82, 2.24) is 5.39 Å². The molecule has 0 saturated heterocycles. The van der Waals surface area contributed by atoms with Gasteiger partial charge in [0.15, 0.2) is 0 Å². The average Bonchev–Trinajstić information content (AvgIpc) is 1.86. The lowest BCUT2D eigenvalue weighted by Crippen LogP contribution is -2.26. The SMILES string of the molecule is CON(OCI)OC(C)C. The molecule has 62 valence electrons. The summed E-state index contributed by atoms with van der Waals surface area (Å²) < 4.78 is 0.498. The summed E-state index contributed by atoms with van der Waals surface area (Å²) in [6.45, 7) is 3.78. The summed E-state index contributed by atoms with van der Waals surface area (Å²) in [5, 5.41) is 0.997. The molecule has 0 aliphatic rings. The summed E-state index contributed by atoms with van der Waals surface area (Å²) in [6.07, 6.45) is 0.0582. The fraction of sp³-hybridized carbons (Fsp3) is 1.00. The van der Waals surface area contributed by atoms with Crippen LogP contribution < -0.4 is 0 Å². The minimum absolute atomic E-state index is 0.0582. The van der Waals surface area contributed by atoms with Crippen molar-refractivity contribution in [1.29, 1.82) is 0 Å². The first-order valence-corrected chi connectivity index (χ1v) is 4.43. The zero-order valence-corrected chi connectivity index (χ0v) is 8.49. The van der Waals surface area contributed by atoms with Crippen molar-refractivity contribution in [3.8, 4) is 0 Å². The van der Waals surface area contributed by atoms with Gasteiger partial charge in [0.2, 0.25) is 0 Å². The summed E-state index contributed by atoms with van der Waals surface area (Å²) >= 11 is 2.05. The van der Waals surface area contributed by atoms with Crippen LogP contribution in [-0.2, 0) is 14.5 Å². The third kappa shape index (κ3) is 5.36. The van der Waals surface area contributed by atoms with Crippen molar-refractivity contribution in [2.75, 3.05) is 11.7 Å². The van der Waals surface area contributed by atoms with Crippen molar-refractivity contribution in [3.05, 3.63) is 0 Å². The number of nitrogens with zero attached hydrogens (tertiary/aromatic N) is 1. The quantitative estimate of drug-likeness (QED) is 0.426. The maximum atomic E-state index is 5.02. The van der Waals surface area contributed by atoms with E-state index in [1.54, 1.807) is 0 Å². The summed E-state index contributed by atoms with van der Waals surface area (Å²) in [5.41, 5.74) is 0. The molecule has 0 atom stereocenters. The Balaban J connectivity index is 3.39. The van der Waals surface area contributed by atoms with Crippen LogP contribution in [0.4, 0.5) is 0 Å². The van der Waals surface area contributed by atoms with Gasteiger partial charge in [-0.1, -0.05) is 22.6 Å². The highest BCUT2D eigenvalue weighted by atomic mass is 127. The zero-order chi connectivity index (χ0) is 7.98. The van der Waals surface area contributed by atoms with Gasteiger partial charge in [-0.25, -0.2) is 9.68 Å². The van der Waals surface area contributed by atoms with Crippen molar-refractivity contribution in [2.45, 2.75) is 20.0 Å². The van der Waals surface area contributed by atoms with Gasteiger partial charge in [0.1, 0.15) is 4.61 Å². The molecule has 0 saturated carbocycles. The number of alkyl halides is 1. The van der Waals surface area contributed by atoms with Crippen molar-refractivity contribution >= 4 is 22.6 Å². The van der Waals surface area contributed by atoms with Gasteiger partial charge < -0.3 is 0 Å². The maximum absolute atomic E-state index is 5.02. The monoisotopic (exact) mass is 261 g/mol. The number of hydrogen-bond donors (Lipinski definition) is 0. The molecule has 0 spiro atoms.